The van der Waals surface area contributed by atoms with Gasteiger partial charge in [-0.25, -0.2) is 0 Å². The zero-order valence-electron chi connectivity index (χ0n) is 18.0. The second-order valence-corrected chi connectivity index (χ2v) is 9.21. The highest BCUT2D eigenvalue weighted by atomic mass is 16.7. The van der Waals surface area contributed by atoms with E-state index in [1.54, 1.807) is 6.08 Å². The SMILES string of the molecule is CCCCCC[C@H](C)/C=C(C)/C=C/C(=O)N[C@H]1CC2(O[C@H]1O)[C@@H]1O[C@@H]1C(=O)[C@@H]1O[C@@H]12. The van der Waals surface area contributed by atoms with Crippen LogP contribution in [0.2, 0.25) is 0 Å². The van der Waals surface area contributed by atoms with E-state index in [1.165, 1.54) is 31.8 Å². The Kier molecular flexibility index (Phi) is 6.17. The topological polar surface area (TPSA) is 101 Å². The summed E-state index contributed by atoms with van der Waals surface area (Å²) >= 11 is 0. The number of hydrogen-bond acceptors (Lipinski definition) is 6. The van der Waals surface area contributed by atoms with Gasteiger partial charge in [-0.3, -0.25) is 9.59 Å². The normalized spacial score (nSPS) is 40.4. The fraction of sp³-hybridized carbons (Fsp3) is 0.739. The first-order valence-electron chi connectivity index (χ1n) is 11.2. The standard InChI is InChI=1S/C23H33NO6/c1-4-5-6-7-8-13(2)11-14(3)9-10-16(25)24-15-12-23(30-22(15)27)20-18(28-20)17(26)19-21(23)29-19/h9-11,13,15,18-22,27H,4-8,12H2,1-3H3,(H,24,25)/b10-9+,14-11+/t13-,15-,18-,19+,20-,21+,22+,23?/m0/s1. The molecular weight excluding hydrogens is 386 g/mol. The molecule has 1 unspecified atom stereocenters. The van der Waals surface area contributed by atoms with Crippen molar-refractivity contribution in [1.82, 2.24) is 5.32 Å². The Morgan fingerprint density at radius 2 is 1.93 bits per heavy atom. The highest BCUT2D eigenvalue weighted by Crippen LogP contribution is 2.57. The summed E-state index contributed by atoms with van der Waals surface area (Å²) in [5.74, 6) is 0.161. The van der Waals surface area contributed by atoms with Gasteiger partial charge in [0.05, 0.1) is 6.04 Å². The largest absolute Gasteiger partial charge is 0.366 e. The zero-order valence-corrected chi connectivity index (χ0v) is 18.0. The average molecular weight is 420 g/mol. The van der Waals surface area contributed by atoms with Crippen LogP contribution in [0.3, 0.4) is 0 Å². The molecule has 3 saturated heterocycles. The van der Waals surface area contributed by atoms with Crippen molar-refractivity contribution in [1.29, 1.82) is 0 Å². The molecule has 4 rings (SSSR count). The van der Waals surface area contributed by atoms with Crippen LogP contribution in [0.1, 0.15) is 59.3 Å². The molecule has 4 aliphatic rings. The number of carbonyl (C=O) groups excluding carboxylic acids is 2. The van der Waals surface area contributed by atoms with Crippen LogP contribution in [0.4, 0.5) is 0 Å². The number of hydrogen-bond donors (Lipinski definition) is 2. The minimum absolute atomic E-state index is 0.0361. The van der Waals surface area contributed by atoms with Crippen molar-refractivity contribution < 1.29 is 28.9 Å². The molecule has 8 atom stereocenters. The number of aliphatic hydroxyl groups excluding tert-OH is 1. The minimum Gasteiger partial charge on any atom is -0.366 e. The third-order valence-corrected chi connectivity index (χ3v) is 6.62. The highest BCUT2D eigenvalue weighted by molar-refractivity contribution is 5.94. The molecule has 3 heterocycles. The van der Waals surface area contributed by atoms with Crippen LogP contribution in [0.15, 0.2) is 23.8 Å². The lowest BCUT2D eigenvalue weighted by molar-refractivity contribution is -0.159. The van der Waals surface area contributed by atoms with Crippen molar-refractivity contribution >= 4 is 11.7 Å². The summed E-state index contributed by atoms with van der Waals surface area (Å²) in [5, 5.41) is 13.2. The number of aliphatic hydroxyl groups is 1. The highest BCUT2D eigenvalue weighted by Gasteiger charge is 2.79. The third-order valence-electron chi connectivity index (χ3n) is 6.62. The number of rotatable bonds is 9. The Morgan fingerprint density at radius 1 is 1.23 bits per heavy atom. The van der Waals surface area contributed by atoms with Crippen LogP contribution >= 0.6 is 0 Å². The van der Waals surface area contributed by atoms with Gasteiger partial charge in [0.25, 0.3) is 0 Å². The van der Waals surface area contributed by atoms with Gasteiger partial charge in [0, 0.05) is 12.5 Å². The predicted octanol–water partition coefficient (Wildman–Crippen LogP) is 2.18. The molecule has 7 heteroatoms. The molecule has 1 amide bonds. The second kappa shape index (κ2) is 8.54. The predicted molar refractivity (Wildman–Crippen MR) is 110 cm³/mol. The lowest BCUT2D eigenvalue weighted by atomic mass is 9.81. The maximum absolute atomic E-state index is 12.4. The van der Waals surface area contributed by atoms with E-state index in [-0.39, 0.29) is 23.9 Å². The molecule has 4 fully saturated rings. The van der Waals surface area contributed by atoms with E-state index in [1.807, 2.05) is 6.92 Å². The molecule has 1 spiro atoms. The molecule has 0 aromatic carbocycles. The number of ketones is 1. The lowest BCUT2D eigenvalue weighted by Crippen LogP contribution is -2.49. The maximum Gasteiger partial charge on any atom is 0.244 e. The molecule has 0 aromatic heterocycles. The molecule has 2 N–H and O–H groups in total. The summed E-state index contributed by atoms with van der Waals surface area (Å²) in [5.41, 5.74) is 0.204. The van der Waals surface area contributed by atoms with E-state index in [4.69, 9.17) is 14.2 Å². The van der Waals surface area contributed by atoms with Crippen LogP contribution in [-0.2, 0) is 23.8 Å². The van der Waals surface area contributed by atoms with Gasteiger partial charge in [-0.1, -0.05) is 57.3 Å². The van der Waals surface area contributed by atoms with E-state index < -0.39 is 30.1 Å². The quantitative estimate of drug-likeness (QED) is 0.257. The fourth-order valence-corrected chi connectivity index (χ4v) is 4.93. The molecule has 7 nitrogen and oxygen atoms in total. The lowest BCUT2D eigenvalue weighted by Gasteiger charge is -2.26. The molecule has 0 radical (unpaired) electrons. The number of nitrogens with one attached hydrogen (secondary N) is 1. The number of amides is 1. The molecule has 0 aromatic rings. The Balaban J connectivity index is 1.26. The van der Waals surface area contributed by atoms with Crippen molar-refractivity contribution in [2.45, 2.75) is 102 Å². The van der Waals surface area contributed by atoms with E-state index in [0.717, 1.165) is 12.0 Å². The molecule has 166 valence electrons. The molecule has 0 bridgehead atoms. The zero-order chi connectivity index (χ0) is 21.5. The van der Waals surface area contributed by atoms with Gasteiger partial charge in [-0.2, -0.15) is 0 Å². The number of carbonyl (C=O) groups is 2. The summed E-state index contributed by atoms with van der Waals surface area (Å²) < 4.78 is 16.8. The molecular formula is C23H33NO6. The van der Waals surface area contributed by atoms with Gasteiger partial charge >= 0.3 is 0 Å². The van der Waals surface area contributed by atoms with E-state index in [2.05, 4.69) is 25.2 Å². The fourth-order valence-electron chi connectivity index (χ4n) is 4.93. The number of fused-ring (bicyclic) bond motifs is 4. The average Bonchev–Trinajstić information content (AvgIpc) is 3.60. The Morgan fingerprint density at radius 3 is 2.60 bits per heavy atom. The summed E-state index contributed by atoms with van der Waals surface area (Å²) in [6, 6.07) is -0.563. The van der Waals surface area contributed by atoms with E-state index in [0.29, 0.717) is 12.3 Å². The maximum atomic E-state index is 12.4. The van der Waals surface area contributed by atoms with Gasteiger partial charge in [-0.05, 0) is 19.3 Å². The first-order chi connectivity index (χ1) is 14.4. The Labute approximate surface area is 177 Å². The van der Waals surface area contributed by atoms with Crippen LogP contribution < -0.4 is 5.32 Å². The third kappa shape index (κ3) is 4.26. The molecule has 3 aliphatic heterocycles. The Hall–Kier alpha value is -1.54. The summed E-state index contributed by atoms with van der Waals surface area (Å²) in [7, 11) is 0. The molecule has 1 saturated carbocycles. The van der Waals surface area contributed by atoms with Gasteiger partial charge in [0.2, 0.25) is 5.91 Å². The molecule has 30 heavy (non-hydrogen) atoms. The van der Waals surface area contributed by atoms with Gasteiger partial charge in [0.15, 0.2) is 12.1 Å². The number of Topliss-reactive ketones (excluding diaryl/α,β-unsaturated/α-hetero) is 1. The first kappa shape index (κ1) is 21.7. The monoisotopic (exact) mass is 419 g/mol. The van der Waals surface area contributed by atoms with Crippen LogP contribution in [0.25, 0.3) is 0 Å². The minimum atomic E-state index is -1.15. The van der Waals surface area contributed by atoms with E-state index >= 15 is 0 Å². The van der Waals surface area contributed by atoms with Crippen molar-refractivity contribution in [2.75, 3.05) is 0 Å². The summed E-state index contributed by atoms with van der Waals surface area (Å²) in [6.45, 7) is 6.40. The Bertz CT molecular complexity index is 726. The van der Waals surface area contributed by atoms with Crippen LogP contribution in [0.5, 0.6) is 0 Å². The van der Waals surface area contributed by atoms with Crippen molar-refractivity contribution in [3.8, 4) is 0 Å². The van der Waals surface area contributed by atoms with Gasteiger partial charge < -0.3 is 24.6 Å². The number of allylic oxidation sites excluding steroid dienone is 3. The van der Waals surface area contributed by atoms with Crippen LogP contribution in [0, 0.1) is 5.92 Å². The summed E-state index contributed by atoms with van der Waals surface area (Å²) in [4.78, 5) is 24.3. The molecule has 1 aliphatic carbocycles. The van der Waals surface area contributed by atoms with Gasteiger partial charge in [0.1, 0.15) is 30.0 Å². The second-order valence-electron chi connectivity index (χ2n) is 9.21. The van der Waals surface area contributed by atoms with Crippen LogP contribution in [-0.4, -0.2) is 59.1 Å². The van der Waals surface area contributed by atoms with Crippen molar-refractivity contribution in [3.05, 3.63) is 23.8 Å². The number of unbranched alkanes of at least 4 members (excludes halogenated alkanes) is 3. The smallest absolute Gasteiger partial charge is 0.244 e. The van der Waals surface area contributed by atoms with Crippen molar-refractivity contribution in [2.24, 2.45) is 5.92 Å². The van der Waals surface area contributed by atoms with Crippen molar-refractivity contribution in [3.63, 3.8) is 0 Å². The summed E-state index contributed by atoms with van der Waals surface area (Å²) in [6.07, 6.45) is 9.12. The van der Waals surface area contributed by atoms with E-state index in [9.17, 15) is 14.7 Å². The number of epoxide rings is 2. The first-order valence-corrected chi connectivity index (χ1v) is 11.2. The van der Waals surface area contributed by atoms with Gasteiger partial charge in [-0.15, -0.1) is 0 Å². The number of ether oxygens (including phenoxy) is 3.